The Kier molecular flexibility index (Phi) is 4.05. The summed E-state index contributed by atoms with van der Waals surface area (Å²) in [4.78, 5) is 25.5. The first-order valence-electron chi connectivity index (χ1n) is 8.10. The van der Waals surface area contributed by atoms with Gasteiger partial charge in [0.25, 0.3) is 5.91 Å². The van der Waals surface area contributed by atoms with Crippen LogP contribution in [-0.4, -0.2) is 17.3 Å². The molecule has 1 N–H and O–H groups in total. The van der Waals surface area contributed by atoms with Crippen molar-refractivity contribution in [2.24, 2.45) is 0 Å². The van der Waals surface area contributed by atoms with Gasteiger partial charge in [-0.25, -0.2) is 0 Å². The largest absolute Gasteiger partial charge is 0.454 e. The topological polar surface area (TPSA) is 69.6 Å². The standard InChI is InChI=1S/C19H15ClN2O4/c1-2-22-9-14(18(23)13-7-11(20)3-5-15(13)22)19(24)21-12-4-6-16-17(8-12)26-10-25-16/h3-9H,2,10H2,1H3,(H,21,24). The van der Waals surface area contributed by atoms with Crippen LogP contribution < -0.4 is 20.2 Å². The van der Waals surface area contributed by atoms with Crippen LogP contribution in [0.4, 0.5) is 5.69 Å². The summed E-state index contributed by atoms with van der Waals surface area (Å²) >= 11 is 6.03. The molecule has 26 heavy (non-hydrogen) atoms. The molecule has 0 saturated heterocycles. The number of anilines is 1. The van der Waals surface area contributed by atoms with Crippen molar-refractivity contribution in [3.63, 3.8) is 0 Å². The minimum Gasteiger partial charge on any atom is -0.454 e. The number of hydrogen-bond donors (Lipinski definition) is 1. The molecule has 1 aliphatic rings. The lowest BCUT2D eigenvalue weighted by Crippen LogP contribution is -2.23. The quantitative estimate of drug-likeness (QED) is 0.764. The molecule has 0 unspecified atom stereocenters. The Morgan fingerprint density at radius 2 is 2.00 bits per heavy atom. The van der Waals surface area contributed by atoms with E-state index in [0.29, 0.717) is 34.1 Å². The Bertz CT molecular complexity index is 1090. The minimum absolute atomic E-state index is 0.0549. The highest BCUT2D eigenvalue weighted by molar-refractivity contribution is 6.31. The van der Waals surface area contributed by atoms with Crippen molar-refractivity contribution in [2.75, 3.05) is 12.1 Å². The van der Waals surface area contributed by atoms with Gasteiger partial charge in [-0.05, 0) is 37.3 Å². The van der Waals surface area contributed by atoms with E-state index in [0.717, 1.165) is 5.52 Å². The Hall–Kier alpha value is -2.99. The molecule has 0 aliphatic carbocycles. The van der Waals surface area contributed by atoms with Crippen LogP contribution in [0, 0.1) is 0 Å². The number of hydrogen-bond acceptors (Lipinski definition) is 4. The molecule has 0 radical (unpaired) electrons. The predicted molar refractivity (Wildman–Crippen MR) is 99.4 cm³/mol. The lowest BCUT2D eigenvalue weighted by atomic mass is 10.1. The maximum Gasteiger partial charge on any atom is 0.261 e. The molecule has 1 amide bonds. The first-order valence-corrected chi connectivity index (χ1v) is 8.48. The maximum absolute atomic E-state index is 12.8. The highest BCUT2D eigenvalue weighted by Gasteiger charge is 2.18. The van der Waals surface area contributed by atoms with E-state index < -0.39 is 5.91 Å². The third-order valence-electron chi connectivity index (χ3n) is 4.26. The molecular formula is C19H15ClN2O4. The van der Waals surface area contributed by atoms with Gasteiger partial charge in [-0.15, -0.1) is 0 Å². The maximum atomic E-state index is 12.8. The van der Waals surface area contributed by atoms with Crippen molar-refractivity contribution in [3.8, 4) is 11.5 Å². The summed E-state index contributed by atoms with van der Waals surface area (Å²) in [7, 11) is 0. The monoisotopic (exact) mass is 370 g/mol. The molecule has 6 nitrogen and oxygen atoms in total. The smallest absolute Gasteiger partial charge is 0.261 e. The number of rotatable bonds is 3. The zero-order valence-electron chi connectivity index (χ0n) is 13.9. The van der Waals surface area contributed by atoms with E-state index in [2.05, 4.69) is 5.32 Å². The van der Waals surface area contributed by atoms with Gasteiger partial charge in [-0.1, -0.05) is 11.6 Å². The predicted octanol–water partition coefficient (Wildman–Crippen LogP) is 3.66. The highest BCUT2D eigenvalue weighted by atomic mass is 35.5. The average molecular weight is 371 g/mol. The van der Waals surface area contributed by atoms with Crippen LogP contribution in [0.1, 0.15) is 17.3 Å². The van der Waals surface area contributed by atoms with Gasteiger partial charge in [0.2, 0.25) is 12.2 Å². The molecule has 1 aliphatic heterocycles. The fourth-order valence-electron chi connectivity index (χ4n) is 2.97. The van der Waals surface area contributed by atoms with Crippen LogP contribution in [0.25, 0.3) is 10.9 Å². The number of nitrogens with one attached hydrogen (secondary N) is 1. The number of nitrogens with zero attached hydrogens (tertiary/aromatic N) is 1. The van der Waals surface area contributed by atoms with E-state index in [1.54, 1.807) is 42.6 Å². The van der Waals surface area contributed by atoms with Gasteiger partial charge >= 0.3 is 0 Å². The van der Waals surface area contributed by atoms with E-state index in [-0.39, 0.29) is 17.8 Å². The van der Waals surface area contributed by atoms with E-state index >= 15 is 0 Å². The van der Waals surface area contributed by atoms with E-state index in [9.17, 15) is 9.59 Å². The second-order valence-corrected chi connectivity index (χ2v) is 6.28. The molecule has 2 aromatic carbocycles. The third kappa shape index (κ3) is 2.78. The summed E-state index contributed by atoms with van der Waals surface area (Å²) in [6, 6.07) is 10.2. The number of halogens is 1. The SMILES string of the molecule is CCn1cc(C(=O)Nc2ccc3c(c2)OCO3)c(=O)c2cc(Cl)ccc21. The number of pyridine rings is 1. The van der Waals surface area contributed by atoms with Crippen LogP contribution in [0.3, 0.4) is 0 Å². The van der Waals surface area contributed by atoms with Crippen molar-refractivity contribution in [1.29, 1.82) is 0 Å². The van der Waals surface area contributed by atoms with Crippen LogP contribution in [-0.2, 0) is 6.54 Å². The molecule has 0 spiro atoms. The minimum atomic E-state index is -0.488. The fourth-order valence-corrected chi connectivity index (χ4v) is 3.14. The number of benzene rings is 2. The Morgan fingerprint density at radius 3 is 2.81 bits per heavy atom. The average Bonchev–Trinajstić information content (AvgIpc) is 3.10. The molecule has 4 rings (SSSR count). The van der Waals surface area contributed by atoms with Gasteiger partial charge in [-0.2, -0.15) is 0 Å². The first kappa shape index (κ1) is 16.5. The zero-order chi connectivity index (χ0) is 18.3. The molecule has 2 heterocycles. The van der Waals surface area contributed by atoms with E-state index in [1.807, 2.05) is 11.5 Å². The molecule has 0 bridgehead atoms. The molecule has 1 aromatic heterocycles. The Balaban J connectivity index is 1.75. The molecule has 0 saturated carbocycles. The van der Waals surface area contributed by atoms with Crippen LogP contribution >= 0.6 is 11.6 Å². The second-order valence-electron chi connectivity index (χ2n) is 5.84. The number of carbonyl (C=O) groups excluding carboxylic acids is 1. The summed E-state index contributed by atoms with van der Waals surface area (Å²) in [5.74, 6) is 0.689. The molecule has 0 atom stereocenters. The van der Waals surface area contributed by atoms with Crippen molar-refractivity contribution in [1.82, 2.24) is 4.57 Å². The van der Waals surface area contributed by atoms with Crippen LogP contribution in [0.2, 0.25) is 5.02 Å². The van der Waals surface area contributed by atoms with Crippen LogP contribution in [0.5, 0.6) is 11.5 Å². The van der Waals surface area contributed by atoms with Crippen molar-refractivity contribution >= 4 is 34.1 Å². The van der Waals surface area contributed by atoms with Gasteiger partial charge in [-0.3, -0.25) is 9.59 Å². The summed E-state index contributed by atoms with van der Waals surface area (Å²) in [6.07, 6.45) is 1.57. The Morgan fingerprint density at radius 1 is 1.19 bits per heavy atom. The molecule has 7 heteroatoms. The molecule has 132 valence electrons. The first-order chi connectivity index (χ1) is 12.6. The van der Waals surface area contributed by atoms with Crippen molar-refractivity contribution in [2.45, 2.75) is 13.5 Å². The molecule has 0 fully saturated rings. The normalized spacial score (nSPS) is 12.4. The number of carbonyl (C=O) groups is 1. The Labute approximate surface area is 153 Å². The van der Waals surface area contributed by atoms with Crippen molar-refractivity contribution < 1.29 is 14.3 Å². The molecule has 3 aromatic rings. The molecular weight excluding hydrogens is 356 g/mol. The van der Waals surface area contributed by atoms with Gasteiger partial charge in [0, 0.05) is 34.9 Å². The summed E-state index contributed by atoms with van der Waals surface area (Å²) in [5.41, 5.74) is 0.958. The fraction of sp³-hybridized carbons (Fsp3) is 0.158. The third-order valence-corrected chi connectivity index (χ3v) is 4.49. The number of amides is 1. The second kappa shape index (κ2) is 6.38. The van der Waals surface area contributed by atoms with Crippen molar-refractivity contribution in [3.05, 3.63) is 63.4 Å². The van der Waals surface area contributed by atoms with Gasteiger partial charge in [0.05, 0.1) is 5.52 Å². The number of aromatic nitrogens is 1. The van der Waals surface area contributed by atoms with Crippen LogP contribution in [0.15, 0.2) is 47.4 Å². The van der Waals surface area contributed by atoms with E-state index in [1.165, 1.54) is 0 Å². The number of aryl methyl sites for hydroxylation is 1. The van der Waals surface area contributed by atoms with Gasteiger partial charge in [0.15, 0.2) is 11.5 Å². The van der Waals surface area contributed by atoms with Gasteiger partial charge < -0.3 is 19.4 Å². The van der Waals surface area contributed by atoms with E-state index in [4.69, 9.17) is 21.1 Å². The summed E-state index contributed by atoms with van der Waals surface area (Å²) in [6.45, 7) is 2.71. The zero-order valence-corrected chi connectivity index (χ0v) is 14.7. The number of ether oxygens (including phenoxy) is 2. The lowest BCUT2D eigenvalue weighted by molar-refractivity contribution is 0.102. The number of fused-ring (bicyclic) bond motifs is 2. The lowest BCUT2D eigenvalue weighted by Gasteiger charge is -2.12. The summed E-state index contributed by atoms with van der Waals surface area (Å²) in [5, 5.41) is 3.60. The van der Waals surface area contributed by atoms with Gasteiger partial charge in [0.1, 0.15) is 5.56 Å². The summed E-state index contributed by atoms with van der Waals surface area (Å²) < 4.78 is 12.4. The highest BCUT2D eigenvalue weighted by Crippen LogP contribution is 2.34.